The maximum Gasteiger partial charge on any atom is 0.122 e. The molecule has 0 heterocycles. The van der Waals surface area contributed by atoms with Crippen LogP contribution in [0.2, 0.25) is 0 Å². The molecule has 0 amide bonds. The lowest BCUT2D eigenvalue weighted by molar-refractivity contribution is 0.0954. The van der Waals surface area contributed by atoms with E-state index in [1.165, 1.54) is 11.1 Å². The average Bonchev–Trinajstić information content (AvgIpc) is 2.50. The summed E-state index contributed by atoms with van der Waals surface area (Å²) in [5, 5.41) is 0. The molecule has 0 radical (unpaired) electrons. The van der Waals surface area contributed by atoms with E-state index in [0.717, 1.165) is 18.6 Å². The fraction of sp³-hybridized carbons (Fsp3) is 0.333. The van der Waals surface area contributed by atoms with E-state index in [9.17, 15) is 0 Å². The Bertz CT molecular complexity index is 508. The molecule has 0 N–H and O–H groups in total. The predicted octanol–water partition coefficient (Wildman–Crippen LogP) is 4.08. The van der Waals surface area contributed by atoms with Crippen LogP contribution in [0.25, 0.3) is 0 Å². The standard InChI is InChI=1S/C18H22O2/c1-15(19-2)12-13-20-18-11-7-6-10-17(18)14-16-8-4-3-5-9-16/h3-11,15H,12-14H2,1-2H3. The zero-order valence-electron chi connectivity index (χ0n) is 12.2. The normalized spacial score (nSPS) is 12.1. The van der Waals surface area contributed by atoms with E-state index in [1.54, 1.807) is 7.11 Å². The first kappa shape index (κ1) is 14.6. The average molecular weight is 270 g/mol. The summed E-state index contributed by atoms with van der Waals surface area (Å²) >= 11 is 0. The highest BCUT2D eigenvalue weighted by Gasteiger charge is 2.05. The van der Waals surface area contributed by atoms with Gasteiger partial charge in [0, 0.05) is 20.0 Å². The summed E-state index contributed by atoms with van der Waals surface area (Å²) in [6.45, 7) is 2.74. The van der Waals surface area contributed by atoms with Crippen LogP contribution in [0.1, 0.15) is 24.5 Å². The van der Waals surface area contributed by atoms with Gasteiger partial charge in [-0.15, -0.1) is 0 Å². The van der Waals surface area contributed by atoms with Crippen molar-refractivity contribution in [1.29, 1.82) is 0 Å². The number of hydrogen-bond donors (Lipinski definition) is 0. The molecule has 1 atom stereocenters. The van der Waals surface area contributed by atoms with Gasteiger partial charge in [0.15, 0.2) is 0 Å². The molecule has 0 aliphatic rings. The van der Waals surface area contributed by atoms with Crippen LogP contribution in [0.3, 0.4) is 0 Å². The van der Waals surface area contributed by atoms with Crippen LogP contribution < -0.4 is 4.74 Å². The third-order valence-electron chi connectivity index (χ3n) is 3.39. The molecule has 0 saturated carbocycles. The Labute approximate surface area is 121 Å². The zero-order valence-corrected chi connectivity index (χ0v) is 12.2. The number of para-hydroxylation sites is 1. The molecule has 2 nitrogen and oxygen atoms in total. The number of benzene rings is 2. The summed E-state index contributed by atoms with van der Waals surface area (Å²) in [6.07, 6.45) is 2.03. The fourth-order valence-electron chi connectivity index (χ4n) is 2.06. The van der Waals surface area contributed by atoms with E-state index in [-0.39, 0.29) is 6.10 Å². The summed E-state index contributed by atoms with van der Waals surface area (Å²) in [7, 11) is 1.73. The molecule has 1 unspecified atom stereocenters. The maximum absolute atomic E-state index is 5.90. The van der Waals surface area contributed by atoms with Crippen LogP contribution in [-0.4, -0.2) is 19.8 Å². The lowest BCUT2D eigenvalue weighted by Crippen LogP contribution is -2.11. The fourth-order valence-corrected chi connectivity index (χ4v) is 2.06. The highest BCUT2D eigenvalue weighted by Crippen LogP contribution is 2.21. The topological polar surface area (TPSA) is 18.5 Å². The first-order valence-corrected chi connectivity index (χ1v) is 7.07. The van der Waals surface area contributed by atoms with Crippen molar-refractivity contribution < 1.29 is 9.47 Å². The SMILES string of the molecule is COC(C)CCOc1ccccc1Cc1ccccc1. The lowest BCUT2D eigenvalue weighted by atomic mass is 10.0. The summed E-state index contributed by atoms with van der Waals surface area (Å²) in [5.41, 5.74) is 2.53. The van der Waals surface area contributed by atoms with E-state index in [0.29, 0.717) is 6.61 Å². The Morgan fingerprint density at radius 2 is 1.65 bits per heavy atom. The van der Waals surface area contributed by atoms with Crippen molar-refractivity contribution >= 4 is 0 Å². The second-order valence-electron chi connectivity index (χ2n) is 4.95. The van der Waals surface area contributed by atoms with Gasteiger partial charge in [0.25, 0.3) is 0 Å². The van der Waals surface area contributed by atoms with Crippen molar-refractivity contribution in [1.82, 2.24) is 0 Å². The minimum absolute atomic E-state index is 0.233. The van der Waals surface area contributed by atoms with Crippen LogP contribution in [0, 0.1) is 0 Å². The van der Waals surface area contributed by atoms with Gasteiger partial charge in [-0.25, -0.2) is 0 Å². The van der Waals surface area contributed by atoms with Crippen molar-refractivity contribution in [3.63, 3.8) is 0 Å². The van der Waals surface area contributed by atoms with Gasteiger partial charge in [0.1, 0.15) is 5.75 Å². The molecule has 0 aliphatic heterocycles. The van der Waals surface area contributed by atoms with E-state index >= 15 is 0 Å². The zero-order chi connectivity index (χ0) is 14.2. The molecule has 0 fully saturated rings. The molecule has 2 aromatic carbocycles. The molecular weight excluding hydrogens is 248 g/mol. The molecular formula is C18H22O2. The van der Waals surface area contributed by atoms with Gasteiger partial charge in [-0.2, -0.15) is 0 Å². The minimum atomic E-state index is 0.233. The Balaban J connectivity index is 1.99. The molecule has 0 bridgehead atoms. The first-order chi connectivity index (χ1) is 9.79. The summed E-state index contributed by atoms with van der Waals surface area (Å²) in [4.78, 5) is 0. The van der Waals surface area contributed by atoms with Crippen LogP contribution in [0.5, 0.6) is 5.75 Å². The van der Waals surface area contributed by atoms with Crippen molar-refractivity contribution in [2.75, 3.05) is 13.7 Å². The molecule has 0 saturated heterocycles. The molecule has 20 heavy (non-hydrogen) atoms. The van der Waals surface area contributed by atoms with Crippen LogP contribution >= 0.6 is 0 Å². The van der Waals surface area contributed by atoms with Crippen LogP contribution in [0.4, 0.5) is 0 Å². The second-order valence-corrected chi connectivity index (χ2v) is 4.95. The van der Waals surface area contributed by atoms with Gasteiger partial charge in [0.05, 0.1) is 12.7 Å². The van der Waals surface area contributed by atoms with Gasteiger partial charge in [-0.05, 0) is 24.1 Å². The van der Waals surface area contributed by atoms with Gasteiger partial charge in [-0.3, -0.25) is 0 Å². The van der Waals surface area contributed by atoms with E-state index < -0.39 is 0 Å². The quantitative estimate of drug-likeness (QED) is 0.754. The van der Waals surface area contributed by atoms with Crippen molar-refractivity contribution in [2.24, 2.45) is 0 Å². The smallest absolute Gasteiger partial charge is 0.122 e. The van der Waals surface area contributed by atoms with Gasteiger partial charge in [-0.1, -0.05) is 48.5 Å². The van der Waals surface area contributed by atoms with E-state index in [1.807, 2.05) is 18.2 Å². The van der Waals surface area contributed by atoms with Crippen molar-refractivity contribution in [3.05, 3.63) is 65.7 Å². The lowest BCUT2D eigenvalue weighted by Gasteiger charge is -2.13. The summed E-state index contributed by atoms with van der Waals surface area (Å²) in [6, 6.07) is 18.7. The summed E-state index contributed by atoms with van der Waals surface area (Å²) < 4.78 is 11.1. The number of methoxy groups -OCH3 is 1. The molecule has 2 rings (SSSR count). The van der Waals surface area contributed by atoms with Gasteiger partial charge >= 0.3 is 0 Å². The van der Waals surface area contributed by atoms with Crippen molar-refractivity contribution in [3.8, 4) is 5.75 Å². The number of ether oxygens (including phenoxy) is 2. The monoisotopic (exact) mass is 270 g/mol. The van der Waals surface area contributed by atoms with E-state index in [2.05, 4.69) is 43.3 Å². The molecule has 2 heteroatoms. The number of rotatable bonds is 7. The Hall–Kier alpha value is -1.80. The Morgan fingerprint density at radius 3 is 2.40 bits per heavy atom. The van der Waals surface area contributed by atoms with Gasteiger partial charge < -0.3 is 9.47 Å². The second kappa shape index (κ2) is 7.71. The van der Waals surface area contributed by atoms with Crippen LogP contribution in [0.15, 0.2) is 54.6 Å². The van der Waals surface area contributed by atoms with Crippen LogP contribution in [-0.2, 0) is 11.2 Å². The Morgan fingerprint density at radius 1 is 0.950 bits per heavy atom. The molecule has 0 aromatic heterocycles. The summed E-state index contributed by atoms with van der Waals surface area (Å²) in [5.74, 6) is 0.972. The van der Waals surface area contributed by atoms with E-state index in [4.69, 9.17) is 9.47 Å². The highest BCUT2D eigenvalue weighted by molar-refractivity contribution is 5.37. The molecule has 106 valence electrons. The number of hydrogen-bond acceptors (Lipinski definition) is 2. The Kier molecular flexibility index (Phi) is 5.63. The minimum Gasteiger partial charge on any atom is -0.493 e. The van der Waals surface area contributed by atoms with Crippen molar-refractivity contribution in [2.45, 2.75) is 25.9 Å². The third-order valence-corrected chi connectivity index (χ3v) is 3.39. The molecule has 0 aliphatic carbocycles. The molecule has 2 aromatic rings. The maximum atomic E-state index is 5.90. The predicted molar refractivity (Wildman–Crippen MR) is 82.3 cm³/mol. The first-order valence-electron chi connectivity index (χ1n) is 7.07. The molecule has 0 spiro atoms. The third kappa shape index (κ3) is 4.39. The van der Waals surface area contributed by atoms with Gasteiger partial charge in [0.2, 0.25) is 0 Å². The highest BCUT2D eigenvalue weighted by atomic mass is 16.5. The largest absolute Gasteiger partial charge is 0.493 e.